The van der Waals surface area contributed by atoms with E-state index in [0.29, 0.717) is 62.6 Å². The number of halogens is 1. The molecule has 1 aromatic heterocycles. The molecule has 0 bridgehead atoms. The number of morpholine rings is 1. The van der Waals surface area contributed by atoms with Crippen molar-refractivity contribution in [2.24, 2.45) is 0 Å². The van der Waals surface area contributed by atoms with Gasteiger partial charge in [0.1, 0.15) is 12.2 Å². The van der Waals surface area contributed by atoms with Crippen LogP contribution in [-0.2, 0) is 16.0 Å². The molecule has 2 N–H and O–H groups in total. The van der Waals surface area contributed by atoms with E-state index in [9.17, 15) is 9.59 Å². The Morgan fingerprint density at radius 2 is 1.65 bits per heavy atom. The third-order valence-corrected chi connectivity index (χ3v) is 9.86. The van der Waals surface area contributed by atoms with Crippen LogP contribution < -0.4 is 24.8 Å². The number of carbonyl (C=O) groups is 2. The highest BCUT2D eigenvalue weighted by molar-refractivity contribution is 6.06. The van der Waals surface area contributed by atoms with Gasteiger partial charge in [0.25, 0.3) is 5.91 Å². The van der Waals surface area contributed by atoms with Gasteiger partial charge in [-0.3, -0.25) is 19.4 Å². The molecule has 55 heavy (non-hydrogen) atoms. The van der Waals surface area contributed by atoms with E-state index in [1.807, 2.05) is 32.0 Å². The van der Waals surface area contributed by atoms with E-state index in [-0.39, 0.29) is 41.2 Å². The number of hydrogen-bond donors (Lipinski definition) is 2. The lowest BCUT2D eigenvalue weighted by atomic mass is 10.1. The first-order chi connectivity index (χ1) is 26.6. The molecule has 2 aliphatic rings. The van der Waals surface area contributed by atoms with Gasteiger partial charge in [0.15, 0.2) is 23.1 Å². The lowest BCUT2D eigenvalue weighted by molar-refractivity contribution is -0.134. The number of para-hydroxylation sites is 1. The zero-order chi connectivity index (χ0) is 38.9. The molecule has 2 saturated heterocycles. The Morgan fingerprint density at radius 3 is 2.35 bits per heavy atom. The van der Waals surface area contributed by atoms with E-state index in [1.165, 1.54) is 19.4 Å². The van der Waals surface area contributed by atoms with Crippen molar-refractivity contribution in [1.82, 2.24) is 24.7 Å². The van der Waals surface area contributed by atoms with Crippen molar-refractivity contribution < 1.29 is 32.9 Å². The van der Waals surface area contributed by atoms with E-state index < -0.39 is 11.7 Å². The lowest BCUT2D eigenvalue weighted by Gasteiger charge is -2.36. The van der Waals surface area contributed by atoms with Crippen LogP contribution in [0.2, 0.25) is 0 Å². The molecule has 3 aromatic carbocycles. The third-order valence-electron chi connectivity index (χ3n) is 9.86. The van der Waals surface area contributed by atoms with Gasteiger partial charge in [0.05, 0.1) is 26.7 Å². The molecule has 0 radical (unpaired) electrons. The van der Waals surface area contributed by atoms with Gasteiger partial charge in [-0.05, 0) is 68.7 Å². The summed E-state index contributed by atoms with van der Waals surface area (Å²) in [5, 5.41) is 5.99. The number of amides is 2. The summed E-state index contributed by atoms with van der Waals surface area (Å²) >= 11 is 0. The molecular formula is C41H50FN7O6. The van der Waals surface area contributed by atoms with Crippen molar-refractivity contribution in [3.63, 3.8) is 0 Å². The maximum atomic E-state index is 15.2. The molecule has 0 atom stereocenters. The van der Waals surface area contributed by atoms with Crippen molar-refractivity contribution in [2.75, 3.05) is 83.4 Å². The minimum Gasteiger partial charge on any atom is -0.493 e. The first-order valence-electron chi connectivity index (χ1n) is 18.7. The number of benzene rings is 3. The Kier molecular flexibility index (Phi) is 13.1. The smallest absolute Gasteiger partial charge is 0.262 e. The molecule has 6 rings (SSSR count). The number of aryl methyl sites for hydroxylation is 2. The third kappa shape index (κ3) is 10.3. The first kappa shape index (κ1) is 39.4. The average Bonchev–Trinajstić information content (AvgIpc) is 3.18. The van der Waals surface area contributed by atoms with Crippen LogP contribution in [-0.4, -0.2) is 115 Å². The largest absolute Gasteiger partial charge is 0.493 e. The number of anilines is 3. The molecule has 4 aromatic rings. The van der Waals surface area contributed by atoms with Gasteiger partial charge in [-0.2, -0.15) is 4.98 Å². The van der Waals surface area contributed by atoms with Crippen molar-refractivity contribution in [3.8, 4) is 23.1 Å². The quantitative estimate of drug-likeness (QED) is 0.161. The summed E-state index contributed by atoms with van der Waals surface area (Å²) < 4.78 is 38.3. The van der Waals surface area contributed by atoms with Crippen LogP contribution in [0.15, 0.2) is 60.8 Å². The molecule has 292 valence electrons. The predicted molar refractivity (Wildman–Crippen MR) is 208 cm³/mol. The molecule has 0 spiro atoms. The fourth-order valence-electron chi connectivity index (χ4n) is 6.57. The SMILES string of the molecule is COc1cc(CC(=O)N2CCOCC2)ccc1Oc1nc(Nc2ccc(OCCN3CCN(C(C)C)CC3)c(F)c2)ncc1C(=O)Nc1c(C)cccc1C. The summed E-state index contributed by atoms with van der Waals surface area (Å²) in [6.07, 6.45) is 1.53. The normalized spacial score (nSPS) is 15.1. The van der Waals surface area contributed by atoms with Crippen molar-refractivity contribution >= 4 is 29.1 Å². The molecule has 0 aliphatic carbocycles. The second kappa shape index (κ2) is 18.3. The summed E-state index contributed by atoms with van der Waals surface area (Å²) in [6, 6.07) is 16.0. The number of nitrogens with one attached hydrogen (secondary N) is 2. The molecule has 2 amide bonds. The molecule has 3 heterocycles. The number of carbonyl (C=O) groups excluding carboxylic acids is 2. The highest BCUT2D eigenvalue weighted by Gasteiger charge is 2.23. The zero-order valence-electron chi connectivity index (χ0n) is 32.2. The Hall–Kier alpha value is -5.31. The summed E-state index contributed by atoms with van der Waals surface area (Å²) in [5.74, 6) is -0.264. The Balaban J connectivity index is 1.18. The highest BCUT2D eigenvalue weighted by Crippen LogP contribution is 2.35. The molecule has 0 unspecified atom stereocenters. The minimum absolute atomic E-state index is 0.0113. The van der Waals surface area contributed by atoms with Crippen molar-refractivity contribution in [3.05, 3.63) is 88.9 Å². The molecule has 0 saturated carbocycles. The second-order valence-corrected chi connectivity index (χ2v) is 14.0. The summed E-state index contributed by atoms with van der Waals surface area (Å²) in [4.78, 5) is 42.1. The average molecular weight is 756 g/mol. The highest BCUT2D eigenvalue weighted by atomic mass is 19.1. The van der Waals surface area contributed by atoms with E-state index in [0.717, 1.165) is 42.9 Å². The summed E-state index contributed by atoms with van der Waals surface area (Å²) in [6.45, 7) is 15.4. The van der Waals surface area contributed by atoms with Gasteiger partial charge >= 0.3 is 0 Å². The van der Waals surface area contributed by atoms with E-state index in [1.54, 1.807) is 35.2 Å². The molecule has 2 fully saturated rings. The maximum absolute atomic E-state index is 15.2. The van der Waals surface area contributed by atoms with Crippen LogP contribution in [0.3, 0.4) is 0 Å². The predicted octanol–water partition coefficient (Wildman–Crippen LogP) is 5.84. The molecule has 2 aliphatic heterocycles. The van der Waals surface area contributed by atoms with Crippen LogP contribution in [0, 0.1) is 19.7 Å². The van der Waals surface area contributed by atoms with Gasteiger partial charge in [0.2, 0.25) is 17.7 Å². The van der Waals surface area contributed by atoms with Gasteiger partial charge in [0, 0.05) is 75.5 Å². The van der Waals surface area contributed by atoms with Crippen LogP contribution in [0.5, 0.6) is 23.1 Å². The number of nitrogens with zero attached hydrogens (tertiary/aromatic N) is 5. The standard InChI is InChI=1S/C41H50FN7O6/c1-27(2)48-15-13-47(14-16-48)17-22-54-34-12-10-31(25-33(34)42)44-41-43-26-32(39(51)45-38-28(3)7-6-8-29(38)4)40(46-41)55-35-11-9-30(23-36(35)52-5)24-37(50)49-18-20-53-21-19-49/h6-12,23,25-27H,13-22,24H2,1-5H3,(H,45,51)(H,43,44,46). The number of piperazine rings is 1. The van der Waals surface area contributed by atoms with Gasteiger partial charge in [-0.25, -0.2) is 9.37 Å². The molecule has 14 heteroatoms. The number of hydrogen-bond acceptors (Lipinski definition) is 11. The zero-order valence-corrected chi connectivity index (χ0v) is 32.2. The van der Waals surface area contributed by atoms with E-state index >= 15 is 4.39 Å². The van der Waals surface area contributed by atoms with Crippen LogP contribution in [0.25, 0.3) is 0 Å². The minimum atomic E-state index is -0.535. The van der Waals surface area contributed by atoms with Crippen molar-refractivity contribution in [1.29, 1.82) is 0 Å². The Labute approximate surface area is 321 Å². The molecule has 13 nitrogen and oxygen atoms in total. The number of aromatic nitrogens is 2. The monoisotopic (exact) mass is 755 g/mol. The van der Waals surface area contributed by atoms with Gasteiger partial charge in [-0.15, -0.1) is 0 Å². The van der Waals surface area contributed by atoms with Crippen LogP contribution in [0.1, 0.15) is 40.9 Å². The van der Waals surface area contributed by atoms with E-state index in [4.69, 9.17) is 18.9 Å². The van der Waals surface area contributed by atoms with Gasteiger partial charge < -0.3 is 34.5 Å². The van der Waals surface area contributed by atoms with Crippen LogP contribution >= 0.6 is 0 Å². The second-order valence-electron chi connectivity index (χ2n) is 14.0. The Bertz CT molecular complexity index is 1940. The summed E-state index contributed by atoms with van der Waals surface area (Å²) in [7, 11) is 1.49. The number of rotatable bonds is 14. The molecular weight excluding hydrogens is 705 g/mol. The summed E-state index contributed by atoms with van der Waals surface area (Å²) in [5.41, 5.74) is 3.61. The van der Waals surface area contributed by atoms with Crippen molar-refractivity contribution in [2.45, 2.75) is 40.2 Å². The van der Waals surface area contributed by atoms with Gasteiger partial charge in [-0.1, -0.05) is 24.3 Å². The Morgan fingerprint density at radius 1 is 0.927 bits per heavy atom. The fraction of sp³-hybridized carbons (Fsp3) is 0.415. The topological polar surface area (TPSA) is 131 Å². The number of methoxy groups -OCH3 is 1. The maximum Gasteiger partial charge on any atom is 0.262 e. The number of ether oxygens (including phenoxy) is 4. The lowest BCUT2D eigenvalue weighted by Crippen LogP contribution is -2.49. The van der Waals surface area contributed by atoms with Crippen LogP contribution in [0.4, 0.5) is 21.7 Å². The fourth-order valence-corrected chi connectivity index (χ4v) is 6.57. The first-order valence-corrected chi connectivity index (χ1v) is 18.7. The van der Waals surface area contributed by atoms with E-state index in [2.05, 4.69) is 44.2 Å².